The van der Waals surface area contributed by atoms with Gasteiger partial charge in [0.25, 0.3) is 5.91 Å². The lowest BCUT2D eigenvalue weighted by molar-refractivity contribution is 0.0948. The van der Waals surface area contributed by atoms with Gasteiger partial charge >= 0.3 is 0 Å². The Morgan fingerprint density at radius 1 is 1.58 bits per heavy atom. The van der Waals surface area contributed by atoms with Gasteiger partial charge in [0.05, 0.1) is 18.8 Å². The second kappa shape index (κ2) is 5.79. The van der Waals surface area contributed by atoms with Crippen LogP contribution in [0.25, 0.3) is 0 Å². The number of rotatable bonds is 4. The van der Waals surface area contributed by atoms with Crippen molar-refractivity contribution in [2.75, 3.05) is 0 Å². The van der Waals surface area contributed by atoms with E-state index in [0.29, 0.717) is 10.6 Å². The number of nitrogen functional groups attached to an aromatic ring is 1. The molecule has 0 saturated carbocycles. The summed E-state index contributed by atoms with van der Waals surface area (Å²) in [7, 11) is 0. The van der Waals surface area contributed by atoms with E-state index in [1.165, 1.54) is 10.9 Å². The Labute approximate surface area is 113 Å². The molecule has 1 amide bonds. The van der Waals surface area contributed by atoms with E-state index in [4.69, 9.17) is 17.4 Å². The number of hydrogen-bond acceptors (Lipinski definition) is 5. The molecule has 4 N–H and O–H groups in total. The van der Waals surface area contributed by atoms with Crippen molar-refractivity contribution in [1.29, 1.82) is 0 Å². The summed E-state index contributed by atoms with van der Waals surface area (Å²) in [5.41, 5.74) is 2.70. The minimum Gasteiger partial charge on any atom is -0.386 e. The van der Waals surface area contributed by atoms with E-state index in [0.717, 1.165) is 0 Å². The summed E-state index contributed by atoms with van der Waals surface area (Å²) in [6.07, 6.45) is 0.602. The highest BCUT2D eigenvalue weighted by Gasteiger charge is 2.13. The van der Waals surface area contributed by atoms with Crippen LogP contribution in [-0.4, -0.2) is 26.0 Å². The van der Waals surface area contributed by atoms with Gasteiger partial charge in [-0.15, -0.1) is 5.10 Å². The molecule has 0 aliphatic rings. The minimum absolute atomic E-state index is 0.0841. The van der Waals surface area contributed by atoms with Crippen LogP contribution in [0.2, 0.25) is 5.02 Å². The highest BCUT2D eigenvalue weighted by molar-refractivity contribution is 6.30. The smallest absolute Gasteiger partial charge is 0.287 e. The highest BCUT2D eigenvalue weighted by Crippen LogP contribution is 2.18. The van der Waals surface area contributed by atoms with Crippen molar-refractivity contribution in [3.05, 3.63) is 46.7 Å². The first-order valence-electron chi connectivity index (χ1n) is 5.44. The molecule has 19 heavy (non-hydrogen) atoms. The summed E-state index contributed by atoms with van der Waals surface area (Å²) in [5, 5.41) is 17.9. The fourth-order valence-electron chi connectivity index (χ4n) is 1.56. The number of amides is 1. The maximum Gasteiger partial charge on any atom is 0.287 e. The number of benzene rings is 1. The first-order valence-corrected chi connectivity index (χ1v) is 5.82. The standard InChI is InChI=1S/C11H12ClN5O2/c12-8-3-1-2-7(4-8)10(18)6-17-5-9(15-16-17)11(19)14-13/h1-5,10,18H,6,13H2,(H,14,19)/t10-/m1/s1. The monoisotopic (exact) mass is 281 g/mol. The largest absolute Gasteiger partial charge is 0.386 e. The molecule has 0 bridgehead atoms. The molecule has 0 radical (unpaired) electrons. The molecule has 1 aromatic carbocycles. The minimum atomic E-state index is -0.797. The molecule has 0 aliphatic heterocycles. The van der Waals surface area contributed by atoms with Gasteiger partial charge in [-0.05, 0) is 17.7 Å². The fraction of sp³-hybridized carbons (Fsp3) is 0.182. The Kier molecular flexibility index (Phi) is 4.10. The second-order valence-corrected chi connectivity index (χ2v) is 4.31. The van der Waals surface area contributed by atoms with E-state index < -0.39 is 12.0 Å². The van der Waals surface area contributed by atoms with Crippen molar-refractivity contribution in [3.8, 4) is 0 Å². The van der Waals surface area contributed by atoms with Crippen LogP contribution in [0, 0.1) is 0 Å². The summed E-state index contributed by atoms with van der Waals surface area (Å²) in [6, 6.07) is 6.88. The molecule has 0 fully saturated rings. The van der Waals surface area contributed by atoms with E-state index in [1.807, 2.05) is 5.43 Å². The maximum absolute atomic E-state index is 11.2. The molecule has 1 heterocycles. The van der Waals surface area contributed by atoms with E-state index in [9.17, 15) is 9.90 Å². The van der Waals surface area contributed by atoms with Gasteiger partial charge in [-0.1, -0.05) is 28.9 Å². The number of aliphatic hydroxyl groups excluding tert-OH is 1. The van der Waals surface area contributed by atoms with Gasteiger partial charge in [0.1, 0.15) is 0 Å². The maximum atomic E-state index is 11.2. The topological polar surface area (TPSA) is 106 Å². The van der Waals surface area contributed by atoms with Crippen LogP contribution in [0.5, 0.6) is 0 Å². The van der Waals surface area contributed by atoms with Crippen LogP contribution in [0.4, 0.5) is 0 Å². The number of nitrogens with one attached hydrogen (secondary N) is 1. The Morgan fingerprint density at radius 3 is 3.05 bits per heavy atom. The number of halogens is 1. The van der Waals surface area contributed by atoms with Crippen molar-refractivity contribution < 1.29 is 9.90 Å². The molecular weight excluding hydrogens is 270 g/mol. The molecule has 7 nitrogen and oxygen atoms in total. The molecule has 2 rings (SSSR count). The van der Waals surface area contributed by atoms with Crippen LogP contribution in [0.3, 0.4) is 0 Å². The number of nitrogens with two attached hydrogens (primary N) is 1. The zero-order chi connectivity index (χ0) is 13.8. The van der Waals surface area contributed by atoms with Gasteiger partial charge in [-0.3, -0.25) is 10.2 Å². The third kappa shape index (κ3) is 3.28. The Bertz CT molecular complexity index is 586. The average Bonchev–Trinajstić information content (AvgIpc) is 2.86. The Morgan fingerprint density at radius 2 is 2.37 bits per heavy atom. The number of carbonyl (C=O) groups is 1. The highest BCUT2D eigenvalue weighted by atomic mass is 35.5. The molecule has 0 spiro atoms. The summed E-state index contributed by atoms with van der Waals surface area (Å²) in [4.78, 5) is 11.2. The van der Waals surface area contributed by atoms with Gasteiger partial charge < -0.3 is 5.11 Å². The number of hydrazine groups is 1. The predicted octanol–water partition coefficient (Wildman–Crippen LogP) is 0.269. The van der Waals surface area contributed by atoms with Gasteiger partial charge in [0.2, 0.25) is 0 Å². The second-order valence-electron chi connectivity index (χ2n) is 3.87. The van der Waals surface area contributed by atoms with Crippen LogP contribution < -0.4 is 11.3 Å². The van der Waals surface area contributed by atoms with Gasteiger partial charge in [0, 0.05) is 5.02 Å². The van der Waals surface area contributed by atoms with Gasteiger partial charge in [-0.2, -0.15) is 0 Å². The first kappa shape index (κ1) is 13.5. The van der Waals surface area contributed by atoms with Crippen LogP contribution in [0.15, 0.2) is 30.5 Å². The average molecular weight is 282 g/mol. The number of hydrogen-bond donors (Lipinski definition) is 3. The molecule has 0 saturated heterocycles. The summed E-state index contributed by atoms with van der Waals surface area (Å²) >= 11 is 5.84. The lowest BCUT2D eigenvalue weighted by Gasteiger charge is -2.10. The van der Waals surface area contributed by atoms with Crippen molar-refractivity contribution in [3.63, 3.8) is 0 Å². The number of carbonyl (C=O) groups excluding carboxylic acids is 1. The normalized spacial score (nSPS) is 12.2. The molecule has 8 heteroatoms. The summed E-state index contributed by atoms with van der Waals surface area (Å²) in [6.45, 7) is 0.158. The van der Waals surface area contributed by atoms with Crippen molar-refractivity contribution in [2.45, 2.75) is 12.6 Å². The zero-order valence-electron chi connectivity index (χ0n) is 9.82. The number of aliphatic hydroxyl groups is 1. The third-order valence-corrected chi connectivity index (χ3v) is 2.73. The quantitative estimate of drug-likeness (QED) is 0.424. The molecule has 100 valence electrons. The van der Waals surface area contributed by atoms with Crippen LogP contribution in [0.1, 0.15) is 22.2 Å². The van der Waals surface area contributed by atoms with E-state index in [-0.39, 0.29) is 12.2 Å². The molecular formula is C11H12ClN5O2. The molecule has 2 aromatic rings. The van der Waals surface area contributed by atoms with Crippen LogP contribution in [-0.2, 0) is 6.54 Å². The van der Waals surface area contributed by atoms with Crippen LogP contribution >= 0.6 is 11.6 Å². The SMILES string of the molecule is NNC(=O)c1cn(C[C@@H](O)c2cccc(Cl)c2)nn1. The number of aromatic nitrogens is 3. The third-order valence-electron chi connectivity index (χ3n) is 2.50. The van der Waals surface area contributed by atoms with E-state index >= 15 is 0 Å². The number of nitrogens with zero attached hydrogens (tertiary/aromatic N) is 3. The predicted molar refractivity (Wildman–Crippen MR) is 68.1 cm³/mol. The van der Waals surface area contributed by atoms with E-state index in [2.05, 4.69) is 10.3 Å². The fourth-order valence-corrected chi connectivity index (χ4v) is 1.76. The molecule has 1 atom stereocenters. The summed E-state index contributed by atoms with van der Waals surface area (Å²) in [5.74, 6) is 4.44. The van der Waals surface area contributed by atoms with Crippen molar-refractivity contribution in [2.24, 2.45) is 5.84 Å². The zero-order valence-corrected chi connectivity index (χ0v) is 10.6. The lowest BCUT2D eigenvalue weighted by Crippen LogP contribution is -2.30. The Balaban J connectivity index is 2.08. The lowest BCUT2D eigenvalue weighted by atomic mass is 10.1. The molecule has 0 unspecified atom stereocenters. The van der Waals surface area contributed by atoms with Crippen molar-refractivity contribution >= 4 is 17.5 Å². The van der Waals surface area contributed by atoms with Crippen molar-refractivity contribution in [1.82, 2.24) is 20.4 Å². The van der Waals surface area contributed by atoms with Gasteiger partial charge in [0.15, 0.2) is 5.69 Å². The Hall–Kier alpha value is -1.96. The first-order chi connectivity index (χ1) is 9.10. The van der Waals surface area contributed by atoms with E-state index in [1.54, 1.807) is 24.3 Å². The van der Waals surface area contributed by atoms with Gasteiger partial charge in [-0.25, -0.2) is 10.5 Å². The molecule has 0 aliphatic carbocycles. The molecule has 1 aromatic heterocycles. The summed E-state index contributed by atoms with van der Waals surface area (Å²) < 4.78 is 1.36.